The van der Waals surface area contributed by atoms with Crippen molar-refractivity contribution < 1.29 is 23.9 Å². The summed E-state index contributed by atoms with van der Waals surface area (Å²) in [5.74, 6) is 0.000491. The lowest BCUT2D eigenvalue weighted by molar-refractivity contribution is -0.132. The van der Waals surface area contributed by atoms with Gasteiger partial charge in [-0.05, 0) is 30.0 Å². The number of hydrogen-bond acceptors (Lipinski definition) is 5. The molecule has 160 valence electrons. The molecule has 3 atom stereocenters. The fourth-order valence-corrected chi connectivity index (χ4v) is 4.57. The molecule has 30 heavy (non-hydrogen) atoms. The smallest absolute Gasteiger partial charge is 0.414 e. The standard InChI is InChI=1S/C21H26N4O5/c1-13(26)22-8-18-11-30-20(29)25(18)17-5-3-15(4-6-17)21-7-16(21)10-24(12-21)19(28)9-23-14(2)27/h3-6,16,18H,7-12H2,1-2H3,(H,22,26)(H,23,27)/t16-,18?,21?/m1/s1. The average molecular weight is 414 g/mol. The van der Waals surface area contributed by atoms with E-state index < -0.39 is 6.09 Å². The van der Waals surface area contributed by atoms with Crippen LogP contribution in [0, 0.1) is 5.92 Å². The predicted molar refractivity (Wildman–Crippen MR) is 108 cm³/mol. The van der Waals surface area contributed by atoms with Crippen molar-refractivity contribution in [2.24, 2.45) is 5.92 Å². The molecule has 0 radical (unpaired) electrons. The Balaban J connectivity index is 1.43. The van der Waals surface area contributed by atoms with E-state index in [0.29, 0.717) is 25.6 Å². The third-order valence-electron chi connectivity index (χ3n) is 6.26. The number of amides is 4. The predicted octanol–water partition coefficient (Wildman–Crippen LogP) is 0.384. The first-order valence-corrected chi connectivity index (χ1v) is 10.1. The van der Waals surface area contributed by atoms with Crippen LogP contribution in [-0.4, -0.2) is 67.5 Å². The van der Waals surface area contributed by atoms with Crippen molar-refractivity contribution in [1.29, 1.82) is 0 Å². The molecule has 4 amide bonds. The third-order valence-corrected chi connectivity index (χ3v) is 6.26. The molecule has 2 heterocycles. The Morgan fingerprint density at radius 2 is 1.83 bits per heavy atom. The fraction of sp³-hybridized carbons (Fsp3) is 0.524. The molecule has 3 fully saturated rings. The second kappa shape index (κ2) is 7.62. The zero-order chi connectivity index (χ0) is 21.5. The van der Waals surface area contributed by atoms with Crippen LogP contribution < -0.4 is 15.5 Å². The largest absolute Gasteiger partial charge is 0.447 e. The molecular formula is C21H26N4O5. The molecule has 2 N–H and O–H groups in total. The molecule has 0 aromatic heterocycles. The van der Waals surface area contributed by atoms with Crippen molar-refractivity contribution in [2.75, 3.05) is 37.7 Å². The first kappa shape index (κ1) is 20.2. The number of carbonyl (C=O) groups excluding carboxylic acids is 4. The second-order valence-electron chi connectivity index (χ2n) is 8.33. The number of hydrogen-bond donors (Lipinski definition) is 2. The minimum absolute atomic E-state index is 0.0316. The Hall–Kier alpha value is -3.10. The van der Waals surface area contributed by atoms with Crippen LogP contribution >= 0.6 is 0 Å². The summed E-state index contributed by atoms with van der Waals surface area (Å²) in [5, 5.41) is 5.30. The molecule has 9 nitrogen and oxygen atoms in total. The van der Waals surface area contributed by atoms with Gasteiger partial charge < -0.3 is 20.3 Å². The van der Waals surface area contributed by atoms with Crippen molar-refractivity contribution in [3.63, 3.8) is 0 Å². The van der Waals surface area contributed by atoms with Crippen LogP contribution in [0.1, 0.15) is 25.8 Å². The molecule has 1 saturated carbocycles. The fourth-order valence-electron chi connectivity index (χ4n) is 4.57. The lowest BCUT2D eigenvalue weighted by atomic mass is 9.94. The molecule has 0 spiro atoms. The first-order chi connectivity index (χ1) is 14.3. The Morgan fingerprint density at radius 1 is 1.13 bits per heavy atom. The summed E-state index contributed by atoms with van der Waals surface area (Å²) in [6.45, 7) is 4.79. The Morgan fingerprint density at radius 3 is 2.50 bits per heavy atom. The zero-order valence-corrected chi connectivity index (χ0v) is 17.1. The number of ether oxygens (including phenoxy) is 1. The van der Waals surface area contributed by atoms with E-state index >= 15 is 0 Å². The van der Waals surface area contributed by atoms with Crippen LogP contribution in [0.5, 0.6) is 0 Å². The van der Waals surface area contributed by atoms with Gasteiger partial charge in [0.25, 0.3) is 0 Å². The molecule has 2 saturated heterocycles. The van der Waals surface area contributed by atoms with Gasteiger partial charge in [-0.25, -0.2) is 4.79 Å². The molecule has 0 bridgehead atoms. The van der Waals surface area contributed by atoms with Gasteiger partial charge in [0, 0.05) is 44.6 Å². The molecule has 9 heteroatoms. The Kier molecular flexibility index (Phi) is 5.13. The number of cyclic esters (lactones) is 1. The summed E-state index contributed by atoms with van der Waals surface area (Å²) in [6, 6.07) is 7.58. The van der Waals surface area contributed by atoms with Gasteiger partial charge in [-0.1, -0.05) is 12.1 Å². The van der Waals surface area contributed by atoms with E-state index in [4.69, 9.17) is 4.74 Å². The van der Waals surface area contributed by atoms with Crippen LogP contribution in [0.3, 0.4) is 0 Å². The van der Waals surface area contributed by atoms with Crippen molar-refractivity contribution in [3.8, 4) is 0 Å². The zero-order valence-electron chi connectivity index (χ0n) is 17.1. The highest BCUT2D eigenvalue weighted by Gasteiger charge is 2.61. The number of carbonyl (C=O) groups is 4. The molecular weight excluding hydrogens is 388 g/mol. The van der Waals surface area contributed by atoms with E-state index in [0.717, 1.165) is 17.7 Å². The summed E-state index contributed by atoms with van der Waals surface area (Å²) in [7, 11) is 0. The van der Waals surface area contributed by atoms with Gasteiger partial charge >= 0.3 is 6.09 Å². The number of benzene rings is 1. The third kappa shape index (κ3) is 3.71. The lowest BCUT2D eigenvalue weighted by Gasteiger charge is -2.23. The molecule has 2 unspecified atom stereocenters. The van der Waals surface area contributed by atoms with E-state index in [1.54, 1.807) is 4.90 Å². The maximum absolute atomic E-state index is 12.3. The first-order valence-electron chi connectivity index (χ1n) is 10.1. The minimum atomic E-state index is -0.420. The van der Waals surface area contributed by atoms with Crippen LogP contribution in [0.4, 0.5) is 10.5 Å². The number of likely N-dealkylation sites (tertiary alicyclic amines) is 1. The van der Waals surface area contributed by atoms with Gasteiger partial charge in [-0.3, -0.25) is 19.3 Å². The van der Waals surface area contributed by atoms with Crippen LogP contribution in [0.25, 0.3) is 0 Å². The van der Waals surface area contributed by atoms with Crippen molar-refractivity contribution >= 4 is 29.5 Å². The molecule has 1 aromatic rings. The van der Waals surface area contributed by atoms with E-state index in [1.807, 2.05) is 29.2 Å². The maximum atomic E-state index is 12.3. The average Bonchev–Trinajstić information content (AvgIpc) is 3.08. The summed E-state index contributed by atoms with van der Waals surface area (Å²) in [6.07, 6.45) is 0.615. The van der Waals surface area contributed by atoms with E-state index in [1.165, 1.54) is 13.8 Å². The molecule has 1 aromatic carbocycles. The van der Waals surface area contributed by atoms with E-state index in [2.05, 4.69) is 10.6 Å². The highest BCUT2D eigenvalue weighted by molar-refractivity contribution is 5.90. The number of anilines is 1. The quantitative estimate of drug-likeness (QED) is 0.700. The number of piperidine rings is 1. The number of rotatable bonds is 6. The molecule has 1 aliphatic carbocycles. The Labute approximate surface area is 174 Å². The van der Waals surface area contributed by atoms with Crippen LogP contribution in [-0.2, 0) is 24.5 Å². The normalized spacial score (nSPS) is 26.8. The van der Waals surface area contributed by atoms with Crippen molar-refractivity contribution in [1.82, 2.24) is 15.5 Å². The summed E-state index contributed by atoms with van der Waals surface area (Å²) >= 11 is 0. The van der Waals surface area contributed by atoms with Gasteiger partial charge in [0.2, 0.25) is 17.7 Å². The van der Waals surface area contributed by atoms with Gasteiger partial charge in [0.15, 0.2) is 0 Å². The lowest BCUT2D eigenvalue weighted by Crippen LogP contribution is -2.42. The number of nitrogens with zero attached hydrogens (tertiary/aromatic N) is 2. The molecule has 4 rings (SSSR count). The van der Waals surface area contributed by atoms with Crippen LogP contribution in [0.15, 0.2) is 24.3 Å². The van der Waals surface area contributed by atoms with E-state index in [-0.39, 0.29) is 42.3 Å². The second-order valence-corrected chi connectivity index (χ2v) is 8.33. The van der Waals surface area contributed by atoms with Crippen LogP contribution in [0.2, 0.25) is 0 Å². The summed E-state index contributed by atoms with van der Waals surface area (Å²) < 4.78 is 5.16. The van der Waals surface area contributed by atoms with Gasteiger partial charge in [0.1, 0.15) is 6.61 Å². The summed E-state index contributed by atoms with van der Waals surface area (Å²) in [4.78, 5) is 50.1. The molecule has 2 aliphatic heterocycles. The SMILES string of the molecule is CC(=O)NCC(=O)N1C[C@H]2CC2(c2ccc(N3C(=O)OCC3CNC(C)=O)cc2)C1. The Bertz CT molecular complexity index is 886. The number of nitrogens with one attached hydrogen (secondary N) is 2. The number of fused-ring (bicyclic) bond motifs is 1. The topological polar surface area (TPSA) is 108 Å². The van der Waals surface area contributed by atoms with Gasteiger partial charge in [-0.2, -0.15) is 0 Å². The highest BCUT2D eigenvalue weighted by Crippen LogP contribution is 2.59. The molecule has 3 aliphatic rings. The minimum Gasteiger partial charge on any atom is -0.447 e. The van der Waals surface area contributed by atoms with Crippen molar-refractivity contribution in [2.45, 2.75) is 31.7 Å². The van der Waals surface area contributed by atoms with E-state index in [9.17, 15) is 19.2 Å². The highest BCUT2D eigenvalue weighted by atomic mass is 16.6. The summed E-state index contributed by atoms with van der Waals surface area (Å²) in [5.41, 5.74) is 1.84. The monoisotopic (exact) mass is 414 g/mol. The van der Waals surface area contributed by atoms with Gasteiger partial charge in [0.05, 0.1) is 12.6 Å². The van der Waals surface area contributed by atoms with Gasteiger partial charge in [-0.15, -0.1) is 0 Å². The maximum Gasteiger partial charge on any atom is 0.414 e. The van der Waals surface area contributed by atoms with Crippen molar-refractivity contribution in [3.05, 3.63) is 29.8 Å².